The summed E-state index contributed by atoms with van der Waals surface area (Å²) >= 11 is 0. The summed E-state index contributed by atoms with van der Waals surface area (Å²) in [6.45, 7) is 3.56. The van der Waals surface area contributed by atoms with Crippen LogP contribution >= 0.6 is 0 Å². The summed E-state index contributed by atoms with van der Waals surface area (Å²) in [5.41, 5.74) is 0. The maximum Gasteiger partial charge on any atom is 0.0693 e. The van der Waals surface area contributed by atoms with Gasteiger partial charge >= 0.3 is 0 Å². The van der Waals surface area contributed by atoms with Crippen LogP contribution in [0.5, 0.6) is 0 Å². The van der Waals surface area contributed by atoms with Crippen molar-refractivity contribution < 1.29 is 4.74 Å². The van der Waals surface area contributed by atoms with E-state index in [2.05, 4.69) is 18.2 Å². The van der Waals surface area contributed by atoms with Crippen LogP contribution in [0.2, 0.25) is 0 Å². The summed E-state index contributed by atoms with van der Waals surface area (Å²) in [7, 11) is 1.71. The van der Waals surface area contributed by atoms with Crippen molar-refractivity contribution in [3.8, 4) is 12.3 Å². The smallest absolute Gasteiger partial charge is 0.0693 e. The molecule has 0 rings (SSSR count). The zero-order valence-electron chi connectivity index (χ0n) is 6.68. The Balaban J connectivity index is 3.19. The van der Waals surface area contributed by atoms with Crippen molar-refractivity contribution in [1.82, 2.24) is 5.32 Å². The van der Waals surface area contributed by atoms with Gasteiger partial charge in [-0.05, 0) is 6.42 Å². The van der Waals surface area contributed by atoms with Crippen molar-refractivity contribution in [2.24, 2.45) is 0 Å². The van der Waals surface area contributed by atoms with Gasteiger partial charge in [0.05, 0.1) is 12.6 Å². The first-order valence-electron chi connectivity index (χ1n) is 3.52. The number of methoxy groups -OCH3 is 1. The van der Waals surface area contributed by atoms with Gasteiger partial charge in [-0.2, -0.15) is 0 Å². The molecule has 0 fully saturated rings. The van der Waals surface area contributed by atoms with Crippen LogP contribution in [0.25, 0.3) is 0 Å². The van der Waals surface area contributed by atoms with Crippen LogP contribution in [0.3, 0.4) is 0 Å². The van der Waals surface area contributed by atoms with Gasteiger partial charge in [-0.3, -0.25) is 0 Å². The average molecular weight is 141 g/mol. The number of hydrogen-bond acceptors (Lipinski definition) is 2. The van der Waals surface area contributed by atoms with Gasteiger partial charge in [0.15, 0.2) is 0 Å². The fraction of sp³-hybridized carbons (Fsp3) is 0.750. The van der Waals surface area contributed by atoms with Crippen LogP contribution in [0.15, 0.2) is 0 Å². The molecule has 0 saturated carbocycles. The van der Waals surface area contributed by atoms with Crippen molar-refractivity contribution in [3.63, 3.8) is 0 Å². The van der Waals surface area contributed by atoms with Crippen molar-refractivity contribution in [1.29, 1.82) is 0 Å². The highest BCUT2D eigenvalue weighted by atomic mass is 16.5. The standard InChI is InChI=1S/C8H15NO/c1-4-6-9-7-8(5-2)10-3/h1,8-9H,5-7H2,2-3H3. The Morgan fingerprint density at radius 1 is 1.70 bits per heavy atom. The van der Waals surface area contributed by atoms with E-state index in [0.717, 1.165) is 13.0 Å². The molecule has 1 atom stereocenters. The molecule has 0 aliphatic rings. The van der Waals surface area contributed by atoms with E-state index in [0.29, 0.717) is 12.6 Å². The van der Waals surface area contributed by atoms with Gasteiger partial charge in [-0.15, -0.1) is 6.42 Å². The highest BCUT2D eigenvalue weighted by molar-refractivity contribution is 4.86. The van der Waals surface area contributed by atoms with Crippen LogP contribution in [0, 0.1) is 12.3 Å². The molecule has 2 heteroatoms. The monoisotopic (exact) mass is 141 g/mol. The molecule has 0 saturated heterocycles. The molecule has 0 amide bonds. The molecule has 58 valence electrons. The predicted octanol–water partition coefficient (Wildman–Crippen LogP) is 0.634. The SMILES string of the molecule is C#CCNCC(CC)OC. The lowest BCUT2D eigenvalue weighted by Crippen LogP contribution is -2.27. The molecular weight excluding hydrogens is 126 g/mol. The maximum atomic E-state index is 5.11. The molecule has 0 aromatic carbocycles. The molecule has 0 aliphatic carbocycles. The predicted molar refractivity (Wildman–Crippen MR) is 42.8 cm³/mol. The number of terminal acetylenes is 1. The third-order valence-corrected chi connectivity index (χ3v) is 1.39. The lowest BCUT2D eigenvalue weighted by atomic mass is 10.3. The van der Waals surface area contributed by atoms with Crippen molar-refractivity contribution >= 4 is 0 Å². The summed E-state index contributed by atoms with van der Waals surface area (Å²) in [6.07, 6.45) is 6.37. The van der Waals surface area contributed by atoms with E-state index in [1.54, 1.807) is 7.11 Å². The van der Waals surface area contributed by atoms with E-state index in [1.165, 1.54) is 0 Å². The van der Waals surface area contributed by atoms with E-state index in [-0.39, 0.29) is 0 Å². The fourth-order valence-corrected chi connectivity index (χ4v) is 0.700. The van der Waals surface area contributed by atoms with Gasteiger partial charge in [-0.1, -0.05) is 12.8 Å². The number of ether oxygens (including phenoxy) is 1. The Morgan fingerprint density at radius 3 is 2.80 bits per heavy atom. The van der Waals surface area contributed by atoms with E-state index < -0.39 is 0 Å². The topological polar surface area (TPSA) is 21.3 Å². The van der Waals surface area contributed by atoms with Gasteiger partial charge in [0.2, 0.25) is 0 Å². The van der Waals surface area contributed by atoms with Crippen LogP contribution in [0.1, 0.15) is 13.3 Å². The molecule has 0 spiro atoms. The fourth-order valence-electron chi connectivity index (χ4n) is 0.700. The second kappa shape index (κ2) is 6.60. The van der Waals surface area contributed by atoms with Crippen molar-refractivity contribution in [2.75, 3.05) is 20.2 Å². The molecule has 1 N–H and O–H groups in total. The molecule has 0 aromatic rings. The van der Waals surface area contributed by atoms with E-state index in [1.807, 2.05) is 0 Å². The van der Waals surface area contributed by atoms with Crippen molar-refractivity contribution in [3.05, 3.63) is 0 Å². The van der Waals surface area contributed by atoms with Gasteiger partial charge in [-0.25, -0.2) is 0 Å². The lowest BCUT2D eigenvalue weighted by Gasteiger charge is -2.11. The van der Waals surface area contributed by atoms with Gasteiger partial charge < -0.3 is 10.1 Å². The van der Waals surface area contributed by atoms with Crippen LogP contribution in [-0.4, -0.2) is 26.3 Å². The summed E-state index contributed by atoms with van der Waals surface area (Å²) in [5.74, 6) is 2.50. The molecular formula is C8H15NO. The zero-order valence-corrected chi connectivity index (χ0v) is 6.68. The van der Waals surface area contributed by atoms with Gasteiger partial charge in [0.25, 0.3) is 0 Å². The first-order valence-corrected chi connectivity index (χ1v) is 3.52. The Hall–Kier alpha value is -0.520. The molecule has 0 aliphatic heterocycles. The summed E-state index contributed by atoms with van der Waals surface area (Å²) < 4.78 is 5.11. The Labute approximate surface area is 63.0 Å². The second-order valence-corrected chi connectivity index (χ2v) is 2.10. The highest BCUT2D eigenvalue weighted by Crippen LogP contribution is 1.92. The molecule has 0 radical (unpaired) electrons. The van der Waals surface area contributed by atoms with E-state index >= 15 is 0 Å². The summed E-state index contributed by atoms with van der Waals surface area (Å²) in [4.78, 5) is 0. The van der Waals surface area contributed by atoms with E-state index in [4.69, 9.17) is 11.2 Å². The number of rotatable bonds is 5. The number of hydrogen-bond donors (Lipinski definition) is 1. The molecule has 0 bridgehead atoms. The first-order chi connectivity index (χ1) is 4.85. The molecule has 0 heterocycles. The number of nitrogens with one attached hydrogen (secondary N) is 1. The third-order valence-electron chi connectivity index (χ3n) is 1.39. The maximum absolute atomic E-state index is 5.11. The minimum Gasteiger partial charge on any atom is -0.380 e. The molecule has 2 nitrogen and oxygen atoms in total. The third kappa shape index (κ3) is 4.37. The minimum absolute atomic E-state index is 0.299. The Kier molecular flexibility index (Phi) is 6.25. The average Bonchev–Trinajstić information content (AvgIpc) is 1.99. The van der Waals surface area contributed by atoms with Crippen LogP contribution in [0.4, 0.5) is 0 Å². The van der Waals surface area contributed by atoms with Gasteiger partial charge in [0, 0.05) is 13.7 Å². The molecule has 1 unspecified atom stereocenters. The van der Waals surface area contributed by atoms with Crippen molar-refractivity contribution in [2.45, 2.75) is 19.4 Å². The summed E-state index contributed by atoms with van der Waals surface area (Å²) in [5, 5.41) is 3.08. The van der Waals surface area contributed by atoms with Crippen LogP contribution < -0.4 is 5.32 Å². The summed E-state index contributed by atoms with van der Waals surface area (Å²) in [6, 6.07) is 0. The molecule has 0 aromatic heterocycles. The Morgan fingerprint density at radius 2 is 2.40 bits per heavy atom. The zero-order chi connectivity index (χ0) is 7.82. The molecule has 10 heavy (non-hydrogen) atoms. The van der Waals surface area contributed by atoms with Crippen LogP contribution in [-0.2, 0) is 4.74 Å². The normalized spacial score (nSPS) is 12.5. The quantitative estimate of drug-likeness (QED) is 0.448. The first kappa shape index (κ1) is 9.48. The second-order valence-electron chi connectivity index (χ2n) is 2.10. The lowest BCUT2D eigenvalue weighted by molar-refractivity contribution is 0.0997. The Bertz CT molecular complexity index is 102. The van der Waals surface area contributed by atoms with Gasteiger partial charge in [0.1, 0.15) is 0 Å². The van der Waals surface area contributed by atoms with E-state index in [9.17, 15) is 0 Å². The minimum atomic E-state index is 0.299. The largest absolute Gasteiger partial charge is 0.380 e. The highest BCUT2D eigenvalue weighted by Gasteiger charge is 2.00.